The van der Waals surface area contributed by atoms with Crippen molar-refractivity contribution >= 4 is 39.3 Å². The summed E-state index contributed by atoms with van der Waals surface area (Å²) in [6, 6.07) is 7.81. The summed E-state index contributed by atoms with van der Waals surface area (Å²) in [4.78, 5) is 24.3. The van der Waals surface area contributed by atoms with Crippen molar-refractivity contribution in [3.63, 3.8) is 0 Å². The van der Waals surface area contributed by atoms with Crippen LogP contribution in [0, 0.1) is 0 Å². The third kappa shape index (κ3) is 4.58. The van der Waals surface area contributed by atoms with Crippen LogP contribution in [0.15, 0.2) is 29.2 Å². The topological polar surface area (TPSA) is 75.4 Å². The van der Waals surface area contributed by atoms with Gasteiger partial charge in [-0.3, -0.25) is 14.3 Å². The molecule has 3 N–H and O–H groups in total. The lowest BCUT2D eigenvalue weighted by molar-refractivity contribution is -0.136. The molecule has 17 heavy (non-hydrogen) atoms. The molecule has 7 heteroatoms. The molecule has 0 saturated heterocycles. The number of nitrogens with one attached hydrogen (secondary N) is 1. The highest BCUT2D eigenvalue weighted by Crippen LogP contribution is 2.29. The Morgan fingerprint density at radius 3 is 2.29 bits per heavy atom. The van der Waals surface area contributed by atoms with E-state index in [1.165, 1.54) is 10.8 Å². The van der Waals surface area contributed by atoms with Gasteiger partial charge in [0, 0.05) is 35.7 Å². The standard InChI is InChI=1S/C10H13N3O2S2/c1-13(2)7-3-5-8(6-4-7)16-17-12-10(15)9(11)14/h3-6H,1-2H3,(H2,11,14)(H,12,15). The molecule has 0 fully saturated rings. The molecule has 0 bridgehead atoms. The summed E-state index contributed by atoms with van der Waals surface area (Å²) >= 11 is 0. The van der Waals surface area contributed by atoms with Gasteiger partial charge in [-0.25, -0.2) is 0 Å². The van der Waals surface area contributed by atoms with Crippen molar-refractivity contribution in [3.05, 3.63) is 24.3 Å². The average Bonchev–Trinajstić information content (AvgIpc) is 2.29. The summed E-state index contributed by atoms with van der Waals surface area (Å²) in [5, 5.41) is 0. The Morgan fingerprint density at radius 2 is 1.82 bits per heavy atom. The molecule has 0 unspecified atom stereocenters. The summed E-state index contributed by atoms with van der Waals surface area (Å²) in [5.74, 6) is -1.78. The molecule has 2 amide bonds. The van der Waals surface area contributed by atoms with Crippen molar-refractivity contribution in [3.8, 4) is 0 Å². The Morgan fingerprint density at radius 1 is 1.24 bits per heavy atom. The van der Waals surface area contributed by atoms with Gasteiger partial charge in [0.1, 0.15) is 0 Å². The molecular weight excluding hydrogens is 258 g/mol. The van der Waals surface area contributed by atoms with Crippen LogP contribution in [0.25, 0.3) is 0 Å². The minimum Gasteiger partial charge on any atom is -0.378 e. The highest BCUT2D eigenvalue weighted by Gasteiger charge is 2.07. The molecule has 0 aliphatic heterocycles. The van der Waals surface area contributed by atoms with Crippen LogP contribution in [0.5, 0.6) is 0 Å². The van der Waals surface area contributed by atoms with Gasteiger partial charge >= 0.3 is 11.8 Å². The number of hydrogen-bond acceptors (Lipinski definition) is 5. The number of carbonyl (C=O) groups excluding carboxylic acids is 2. The monoisotopic (exact) mass is 271 g/mol. The van der Waals surface area contributed by atoms with Crippen LogP contribution in [0.1, 0.15) is 0 Å². The smallest absolute Gasteiger partial charge is 0.319 e. The zero-order chi connectivity index (χ0) is 12.8. The number of carbonyl (C=O) groups is 2. The summed E-state index contributed by atoms with van der Waals surface area (Å²) in [6.07, 6.45) is 0. The van der Waals surface area contributed by atoms with E-state index >= 15 is 0 Å². The normalized spacial score (nSPS) is 9.76. The third-order valence-electron chi connectivity index (χ3n) is 1.85. The van der Waals surface area contributed by atoms with Crippen LogP contribution in [0.4, 0.5) is 5.69 Å². The minimum atomic E-state index is -0.985. The quantitative estimate of drug-likeness (QED) is 0.485. The van der Waals surface area contributed by atoms with Crippen LogP contribution in [0.2, 0.25) is 0 Å². The first kappa shape index (κ1) is 13.7. The molecular formula is C10H13N3O2S2. The van der Waals surface area contributed by atoms with Crippen LogP contribution in [-0.4, -0.2) is 25.9 Å². The molecule has 0 radical (unpaired) electrons. The molecule has 0 aromatic heterocycles. The van der Waals surface area contributed by atoms with Crippen molar-refractivity contribution in [1.29, 1.82) is 0 Å². The fourth-order valence-corrected chi connectivity index (χ4v) is 2.49. The minimum absolute atomic E-state index is 0.799. The number of nitrogens with zero attached hydrogens (tertiary/aromatic N) is 1. The first-order valence-corrected chi connectivity index (χ1v) is 6.86. The molecule has 0 atom stereocenters. The fraction of sp³-hybridized carbons (Fsp3) is 0.200. The zero-order valence-electron chi connectivity index (χ0n) is 9.47. The SMILES string of the molecule is CN(C)c1ccc(SSNC(=O)C(N)=O)cc1. The fourth-order valence-electron chi connectivity index (χ4n) is 0.957. The highest BCUT2D eigenvalue weighted by atomic mass is 33.1. The van der Waals surface area contributed by atoms with E-state index in [9.17, 15) is 9.59 Å². The first-order chi connectivity index (χ1) is 8.00. The molecule has 92 valence electrons. The summed E-state index contributed by atoms with van der Waals surface area (Å²) < 4.78 is 2.32. The molecule has 5 nitrogen and oxygen atoms in total. The predicted octanol–water partition coefficient (Wildman–Crippen LogP) is 1.01. The molecule has 0 aliphatic carbocycles. The van der Waals surface area contributed by atoms with E-state index in [0.717, 1.165) is 21.6 Å². The van der Waals surface area contributed by atoms with E-state index < -0.39 is 11.8 Å². The van der Waals surface area contributed by atoms with Gasteiger partial charge in [0.2, 0.25) is 0 Å². The molecule has 0 heterocycles. The molecule has 1 rings (SSSR count). The van der Waals surface area contributed by atoms with Gasteiger partial charge in [0.25, 0.3) is 0 Å². The molecule has 0 spiro atoms. The number of anilines is 1. The van der Waals surface area contributed by atoms with Crippen LogP contribution in [-0.2, 0) is 9.59 Å². The van der Waals surface area contributed by atoms with E-state index in [0.29, 0.717) is 0 Å². The number of amides is 2. The maximum absolute atomic E-state index is 10.8. The maximum atomic E-state index is 10.8. The van der Waals surface area contributed by atoms with Crippen molar-refractivity contribution in [2.75, 3.05) is 19.0 Å². The lowest BCUT2D eigenvalue weighted by Crippen LogP contribution is -2.31. The van der Waals surface area contributed by atoms with Gasteiger partial charge < -0.3 is 10.6 Å². The number of benzene rings is 1. The first-order valence-electron chi connectivity index (χ1n) is 4.71. The zero-order valence-corrected chi connectivity index (χ0v) is 11.1. The summed E-state index contributed by atoms with van der Waals surface area (Å²) in [7, 11) is 6.33. The van der Waals surface area contributed by atoms with Gasteiger partial charge in [0.05, 0.1) is 0 Å². The number of hydrogen-bond donors (Lipinski definition) is 2. The van der Waals surface area contributed by atoms with Gasteiger partial charge in [-0.15, -0.1) is 0 Å². The Bertz CT molecular complexity index is 407. The van der Waals surface area contributed by atoms with Crippen LogP contribution < -0.4 is 15.4 Å². The molecule has 0 aliphatic rings. The van der Waals surface area contributed by atoms with E-state index in [1.807, 2.05) is 43.3 Å². The van der Waals surface area contributed by atoms with Gasteiger partial charge in [-0.05, 0) is 35.1 Å². The second kappa shape index (κ2) is 6.41. The van der Waals surface area contributed by atoms with Gasteiger partial charge in [-0.1, -0.05) is 0 Å². The second-order valence-corrected chi connectivity index (χ2v) is 5.36. The maximum Gasteiger partial charge on any atom is 0.319 e. The van der Waals surface area contributed by atoms with Crippen molar-refractivity contribution in [2.24, 2.45) is 5.73 Å². The van der Waals surface area contributed by atoms with E-state index in [1.54, 1.807) is 0 Å². The van der Waals surface area contributed by atoms with E-state index in [2.05, 4.69) is 4.72 Å². The Hall–Kier alpha value is -1.34. The summed E-state index contributed by atoms with van der Waals surface area (Å²) in [5.41, 5.74) is 5.89. The Balaban J connectivity index is 2.42. The van der Waals surface area contributed by atoms with Crippen molar-refractivity contribution in [1.82, 2.24) is 4.72 Å². The Kier molecular flexibility index (Phi) is 5.17. The lowest BCUT2D eigenvalue weighted by Gasteiger charge is -2.12. The van der Waals surface area contributed by atoms with E-state index in [-0.39, 0.29) is 0 Å². The highest BCUT2D eigenvalue weighted by molar-refractivity contribution is 8.76. The van der Waals surface area contributed by atoms with Crippen molar-refractivity contribution < 1.29 is 9.59 Å². The van der Waals surface area contributed by atoms with Gasteiger partial charge in [-0.2, -0.15) is 0 Å². The molecule has 1 aromatic rings. The van der Waals surface area contributed by atoms with E-state index in [4.69, 9.17) is 5.73 Å². The average molecular weight is 271 g/mol. The number of nitrogens with two attached hydrogens (primary N) is 1. The molecule has 0 saturated carbocycles. The largest absolute Gasteiger partial charge is 0.378 e. The predicted molar refractivity (Wildman–Crippen MR) is 71.6 cm³/mol. The van der Waals surface area contributed by atoms with Crippen LogP contribution in [0.3, 0.4) is 0 Å². The second-order valence-electron chi connectivity index (χ2n) is 3.35. The van der Waals surface area contributed by atoms with Gasteiger partial charge in [0.15, 0.2) is 0 Å². The van der Waals surface area contributed by atoms with Crippen molar-refractivity contribution in [2.45, 2.75) is 4.90 Å². The lowest BCUT2D eigenvalue weighted by atomic mass is 10.3. The summed E-state index contributed by atoms with van der Waals surface area (Å²) in [6.45, 7) is 0. The Labute approximate surface area is 108 Å². The molecule has 1 aromatic carbocycles. The van der Waals surface area contributed by atoms with Crippen LogP contribution >= 0.6 is 21.8 Å². The third-order valence-corrected chi connectivity index (χ3v) is 3.74. The number of primary amides is 1. The number of rotatable bonds is 4.